The maximum Gasteiger partial charge on any atom is 0.144 e. The van der Waals surface area contributed by atoms with E-state index in [1.165, 1.54) is 17.8 Å². The number of rotatable bonds is 5. The SMILES string of the molecule is CCN(CC)c1ccc(C2Nc3ccccc3N=C3CC(c4ccc(F)cc4)CC(=O)C32)cc1. The van der Waals surface area contributed by atoms with Crippen LogP contribution in [0.4, 0.5) is 21.5 Å². The molecule has 0 bridgehead atoms. The molecule has 2 aliphatic rings. The second-order valence-corrected chi connectivity index (χ2v) is 9.11. The molecule has 3 unspecified atom stereocenters. The van der Waals surface area contributed by atoms with Crippen molar-refractivity contribution < 1.29 is 9.18 Å². The van der Waals surface area contributed by atoms with Crippen molar-refractivity contribution in [1.82, 2.24) is 0 Å². The van der Waals surface area contributed by atoms with Crippen LogP contribution in [0.15, 0.2) is 77.8 Å². The number of aliphatic imine (C=N–C) groups is 1. The summed E-state index contributed by atoms with van der Waals surface area (Å²) < 4.78 is 13.5. The number of hydrogen-bond acceptors (Lipinski definition) is 4. The van der Waals surface area contributed by atoms with Gasteiger partial charge in [-0.1, -0.05) is 36.4 Å². The summed E-state index contributed by atoms with van der Waals surface area (Å²) in [6.45, 7) is 6.21. The van der Waals surface area contributed by atoms with Crippen molar-refractivity contribution in [2.75, 3.05) is 23.3 Å². The first-order chi connectivity index (χ1) is 16.6. The molecule has 4 nitrogen and oxygen atoms in total. The number of nitrogens with one attached hydrogen (secondary N) is 1. The zero-order valence-electron chi connectivity index (χ0n) is 19.7. The van der Waals surface area contributed by atoms with Crippen molar-refractivity contribution >= 4 is 28.6 Å². The Hall–Kier alpha value is -3.47. The van der Waals surface area contributed by atoms with Gasteiger partial charge in [0, 0.05) is 30.9 Å². The molecule has 0 radical (unpaired) electrons. The second kappa shape index (κ2) is 9.41. The molecular weight excluding hydrogens is 425 g/mol. The summed E-state index contributed by atoms with van der Waals surface area (Å²) in [7, 11) is 0. The number of para-hydroxylation sites is 2. The zero-order valence-corrected chi connectivity index (χ0v) is 19.7. The van der Waals surface area contributed by atoms with E-state index >= 15 is 0 Å². The number of hydrogen-bond donors (Lipinski definition) is 1. The Labute approximate surface area is 200 Å². The first kappa shape index (κ1) is 22.3. The third-order valence-corrected chi connectivity index (χ3v) is 7.14. The smallest absolute Gasteiger partial charge is 0.144 e. The maximum absolute atomic E-state index is 13.6. The summed E-state index contributed by atoms with van der Waals surface area (Å²) in [6.07, 6.45) is 1.12. The van der Waals surface area contributed by atoms with E-state index in [0.29, 0.717) is 12.8 Å². The van der Waals surface area contributed by atoms with Gasteiger partial charge in [0.05, 0.1) is 23.3 Å². The Kier molecular flexibility index (Phi) is 6.18. The van der Waals surface area contributed by atoms with Crippen molar-refractivity contribution in [3.8, 4) is 0 Å². The average Bonchev–Trinajstić information content (AvgIpc) is 3.02. The molecule has 34 heavy (non-hydrogen) atoms. The number of Topliss-reactive ketones (excluding diaryl/α,β-unsaturated/α-hetero) is 1. The minimum atomic E-state index is -0.330. The Morgan fingerprint density at radius 1 is 0.912 bits per heavy atom. The lowest BCUT2D eigenvalue weighted by atomic mass is 9.72. The number of carbonyl (C=O) groups is 1. The van der Waals surface area contributed by atoms with E-state index in [2.05, 4.69) is 48.3 Å². The van der Waals surface area contributed by atoms with Gasteiger partial charge in [0.15, 0.2) is 0 Å². The van der Waals surface area contributed by atoms with Crippen LogP contribution in [0.25, 0.3) is 0 Å². The molecular formula is C29H30FN3O. The van der Waals surface area contributed by atoms with Crippen molar-refractivity contribution in [2.24, 2.45) is 10.9 Å². The third-order valence-electron chi connectivity index (χ3n) is 7.14. The van der Waals surface area contributed by atoms with Crippen LogP contribution in [0.2, 0.25) is 0 Å². The average molecular weight is 456 g/mol. The molecule has 3 aromatic rings. The molecule has 0 aromatic heterocycles. The highest BCUT2D eigenvalue weighted by atomic mass is 19.1. The summed E-state index contributed by atoms with van der Waals surface area (Å²) in [5.41, 5.74) is 5.95. The first-order valence-corrected chi connectivity index (χ1v) is 12.1. The molecule has 0 saturated heterocycles. The Morgan fingerprint density at radius 3 is 2.29 bits per heavy atom. The van der Waals surface area contributed by atoms with Crippen LogP contribution < -0.4 is 10.2 Å². The predicted molar refractivity (Wildman–Crippen MR) is 137 cm³/mol. The number of ketones is 1. The molecule has 1 aliphatic carbocycles. The van der Waals surface area contributed by atoms with E-state index < -0.39 is 0 Å². The molecule has 0 amide bonds. The summed E-state index contributed by atoms with van der Waals surface area (Å²) in [5, 5.41) is 3.65. The van der Waals surface area contributed by atoms with E-state index in [-0.39, 0.29) is 29.5 Å². The van der Waals surface area contributed by atoms with Crippen LogP contribution in [0.1, 0.15) is 49.8 Å². The van der Waals surface area contributed by atoms with Gasteiger partial charge in [-0.25, -0.2) is 4.39 Å². The fourth-order valence-electron chi connectivity index (χ4n) is 5.33. The van der Waals surface area contributed by atoms with Crippen LogP contribution >= 0.6 is 0 Å². The van der Waals surface area contributed by atoms with Gasteiger partial charge >= 0.3 is 0 Å². The highest BCUT2D eigenvalue weighted by molar-refractivity contribution is 6.10. The quantitative estimate of drug-likeness (QED) is 0.467. The van der Waals surface area contributed by atoms with Gasteiger partial charge in [0.2, 0.25) is 0 Å². The molecule has 3 aromatic carbocycles. The number of carbonyl (C=O) groups excluding carboxylic acids is 1. The predicted octanol–water partition coefficient (Wildman–Crippen LogP) is 6.67. The fourth-order valence-corrected chi connectivity index (χ4v) is 5.33. The van der Waals surface area contributed by atoms with Gasteiger partial charge in [-0.05, 0) is 73.7 Å². The molecule has 1 N–H and O–H groups in total. The Morgan fingerprint density at radius 2 is 1.59 bits per heavy atom. The number of halogens is 1. The molecule has 5 heteroatoms. The molecule has 174 valence electrons. The fraction of sp³-hybridized carbons (Fsp3) is 0.310. The lowest BCUT2D eigenvalue weighted by Gasteiger charge is -2.34. The highest BCUT2D eigenvalue weighted by Gasteiger charge is 2.41. The number of nitrogens with zero attached hydrogens (tertiary/aromatic N) is 2. The van der Waals surface area contributed by atoms with Gasteiger partial charge in [-0.2, -0.15) is 0 Å². The molecule has 1 aliphatic heterocycles. The zero-order chi connectivity index (χ0) is 23.7. The maximum atomic E-state index is 13.6. The van der Waals surface area contributed by atoms with Crippen LogP contribution in [-0.4, -0.2) is 24.6 Å². The van der Waals surface area contributed by atoms with Crippen LogP contribution in [0.5, 0.6) is 0 Å². The molecule has 1 heterocycles. The van der Waals surface area contributed by atoms with Gasteiger partial charge in [-0.15, -0.1) is 0 Å². The Bertz CT molecular complexity index is 1200. The normalized spacial score (nSPS) is 21.6. The monoisotopic (exact) mass is 455 g/mol. The van der Waals surface area contributed by atoms with E-state index in [1.54, 1.807) is 12.1 Å². The van der Waals surface area contributed by atoms with Gasteiger partial charge in [0.1, 0.15) is 11.6 Å². The first-order valence-electron chi connectivity index (χ1n) is 12.1. The molecule has 0 spiro atoms. The molecule has 1 fully saturated rings. The van der Waals surface area contributed by atoms with Gasteiger partial charge in [0.25, 0.3) is 0 Å². The minimum Gasteiger partial charge on any atom is -0.375 e. The van der Waals surface area contributed by atoms with Crippen LogP contribution in [-0.2, 0) is 4.79 Å². The van der Waals surface area contributed by atoms with Gasteiger partial charge < -0.3 is 10.2 Å². The lowest BCUT2D eigenvalue weighted by Crippen LogP contribution is -2.38. The van der Waals surface area contributed by atoms with E-state index in [0.717, 1.165) is 41.3 Å². The van der Waals surface area contributed by atoms with E-state index in [4.69, 9.17) is 4.99 Å². The van der Waals surface area contributed by atoms with Crippen LogP contribution in [0, 0.1) is 11.7 Å². The topological polar surface area (TPSA) is 44.7 Å². The minimum absolute atomic E-state index is 0.0130. The third kappa shape index (κ3) is 4.23. The second-order valence-electron chi connectivity index (χ2n) is 9.11. The number of benzene rings is 3. The van der Waals surface area contributed by atoms with Crippen LogP contribution in [0.3, 0.4) is 0 Å². The Balaban J connectivity index is 1.53. The summed E-state index contributed by atoms with van der Waals surface area (Å²) in [4.78, 5) is 20.9. The summed E-state index contributed by atoms with van der Waals surface area (Å²) >= 11 is 0. The largest absolute Gasteiger partial charge is 0.375 e. The molecule has 5 rings (SSSR count). The van der Waals surface area contributed by atoms with E-state index in [9.17, 15) is 9.18 Å². The standard InChI is InChI=1S/C29H30FN3O/c1-3-33(4-2)23-15-11-20(12-16-23)29-28-26(31-24-7-5-6-8-25(24)32-29)17-21(18-27(28)34)19-9-13-22(30)14-10-19/h5-16,21,28-29,32H,3-4,17-18H2,1-2H3. The van der Waals surface area contributed by atoms with Crippen molar-refractivity contribution in [3.63, 3.8) is 0 Å². The van der Waals surface area contributed by atoms with Gasteiger partial charge in [-0.3, -0.25) is 9.79 Å². The van der Waals surface area contributed by atoms with Crippen molar-refractivity contribution in [2.45, 2.75) is 38.6 Å². The number of anilines is 2. The highest BCUT2D eigenvalue weighted by Crippen LogP contribution is 2.44. The summed E-state index contributed by atoms with van der Waals surface area (Å²) in [5.74, 6) is -0.401. The molecule has 3 atom stereocenters. The lowest BCUT2D eigenvalue weighted by molar-refractivity contribution is -0.122. The van der Waals surface area contributed by atoms with Crippen molar-refractivity contribution in [1.29, 1.82) is 0 Å². The van der Waals surface area contributed by atoms with E-state index in [1.807, 2.05) is 24.3 Å². The number of fused-ring (bicyclic) bond motifs is 2. The van der Waals surface area contributed by atoms with Crippen molar-refractivity contribution in [3.05, 3.63) is 89.7 Å². The molecule has 1 saturated carbocycles. The summed E-state index contributed by atoms with van der Waals surface area (Å²) in [6, 6.07) is 22.9.